The molecule has 0 aromatic heterocycles. The van der Waals surface area contributed by atoms with Gasteiger partial charge in [0.2, 0.25) is 5.91 Å². The summed E-state index contributed by atoms with van der Waals surface area (Å²) < 4.78 is 4.91. The second-order valence-corrected chi connectivity index (χ2v) is 4.22. The predicted octanol–water partition coefficient (Wildman–Crippen LogP) is 0.175. The SMILES string of the molecule is COc1cc(C(=O)N2CCNC(=O)C2)ccc1[N+](=O)[O-]. The van der Waals surface area contributed by atoms with Crippen LogP contribution in [0.25, 0.3) is 0 Å². The van der Waals surface area contributed by atoms with Crippen molar-refractivity contribution < 1.29 is 19.2 Å². The number of amides is 2. The molecule has 2 rings (SSSR count). The number of nitrogens with one attached hydrogen (secondary N) is 1. The fraction of sp³-hybridized carbons (Fsp3) is 0.333. The third-order valence-electron chi connectivity index (χ3n) is 2.95. The zero-order chi connectivity index (χ0) is 14.7. The second-order valence-electron chi connectivity index (χ2n) is 4.22. The van der Waals surface area contributed by atoms with Gasteiger partial charge in [0.15, 0.2) is 5.75 Å². The maximum absolute atomic E-state index is 12.2. The number of nitro groups is 1. The minimum absolute atomic E-state index is 0.0157. The van der Waals surface area contributed by atoms with E-state index in [1.807, 2.05) is 0 Å². The van der Waals surface area contributed by atoms with Gasteiger partial charge in [0, 0.05) is 30.8 Å². The number of methoxy groups -OCH3 is 1. The molecule has 20 heavy (non-hydrogen) atoms. The van der Waals surface area contributed by atoms with Gasteiger partial charge in [0.25, 0.3) is 5.91 Å². The summed E-state index contributed by atoms with van der Waals surface area (Å²) in [5.74, 6) is -0.561. The summed E-state index contributed by atoms with van der Waals surface area (Å²) in [6, 6.07) is 3.89. The second kappa shape index (κ2) is 5.55. The first-order valence-electron chi connectivity index (χ1n) is 5.91. The maximum atomic E-state index is 12.2. The van der Waals surface area contributed by atoms with Crippen molar-refractivity contribution in [3.8, 4) is 5.75 Å². The molecule has 1 aromatic rings. The van der Waals surface area contributed by atoms with Crippen LogP contribution >= 0.6 is 0 Å². The van der Waals surface area contributed by atoms with Gasteiger partial charge in [0.05, 0.1) is 18.6 Å². The first-order valence-corrected chi connectivity index (χ1v) is 5.91. The molecule has 1 aliphatic heterocycles. The van der Waals surface area contributed by atoms with Crippen LogP contribution in [0.2, 0.25) is 0 Å². The van der Waals surface area contributed by atoms with E-state index >= 15 is 0 Å². The molecule has 0 saturated carbocycles. The quantitative estimate of drug-likeness (QED) is 0.628. The number of carbonyl (C=O) groups excluding carboxylic acids is 2. The van der Waals surface area contributed by atoms with Crippen molar-refractivity contribution in [3.63, 3.8) is 0 Å². The standard InChI is InChI=1S/C12H13N3O5/c1-20-10-6-8(2-3-9(10)15(18)19)12(17)14-5-4-13-11(16)7-14/h2-3,6H,4-5,7H2,1H3,(H,13,16). The molecule has 1 N–H and O–H groups in total. The molecule has 8 heteroatoms. The summed E-state index contributed by atoms with van der Waals surface area (Å²) >= 11 is 0. The number of hydrogen-bond acceptors (Lipinski definition) is 5. The third kappa shape index (κ3) is 2.68. The van der Waals surface area contributed by atoms with Crippen LogP contribution in [0.4, 0.5) is 5.69 Å². The zero-order valence-corrected chi connectivity index (χ0v) is 10.8. The Bertz CT molecular complexity index is 572. The van der Waals surface area contributed by atoms with Crippen molar-refractivity contribution in [2.24, 2.45) is 0 Å². The van der Waals surface area contributed by atoms with Crippen LogP contribution in [0.15, 0.2) is 18.2 Å². The molecule has 1 fully saturated rings. The van der Waals surface area contributed by atoms with Gasteiger partial charge in [-0.15, -0.1) is 0 Å². The van der Waals surface area contributed by atoms with Gasteiger partial charge in [-0.3, -0.25) is 19.7 Å². The van der Waals surface area contributed by atoms with E-state index < -0.39 is 4.92 Å². The minimum atomic E-state index is -0.582. The summed E-state index contributed by atoms with van der Waals surface area (Å²) in [5.41, 5.74) is 0.0441. The Morgan fingerprint density at radius 1 is 1.50 bits per heavy atom. The molecule has 0 spiro atoms. The number of ether oxygens (including phenoxy) is 1. The van der Waals surface area contributed by atoms with E-state index in [2.05, 4.69) is 5.32 Å². The molecule has 1 heterocycles. The van der Waals surface area contributed by atoms with E-state index in [9.17, 15) is 19.7 Å². The van der Waals surface area contributed by atoms with E-state index in [0.717, 1.165) is 0 Å². The Hall–Kier alpha value is -2.64. The number of benzene rings is 1. The largest absolute Gasteiger partial charge is 0.490 e. The maximum Gasteiger partial charge on any atom is 0.310 e. The van der Waals surface area contributed by atoms with E-state index in [0.29, 0.717) is 13.1 Å². The van der Waals surface area contributed by atoms with Crippen molar-refractivity contribution in [1.29, 1.82) is 0 Å². The lowest BCUT2D eigenvalue weighted by atomic mass is 10.1. The zero-order valence-electron chi connectivity index (χ0n) is 10.8. The molecule has 8 nitrogen and oxygen atoms in total. The molecular formula is C12H13N3O5. The van der Waals surface area contributed by atoms with Gasteiger partial charge in [-0.1, -0.05) is 0 Å². The number of rotatable bonds is 3. The average Bonchev–Trinajstić information content (AvgIpc) is 2.45. The highest BCUT2D eigenvalue weighted by atomic mass is 16.6. The van der Waals surface area contributed by atoms with E-state index in [4.69, 9.17) is 4.74 Å². The Morgan fingerprint density at radius 2 is 2.25 bits per heavy atom. The summed E-state index contributed by atoms with van der Waals surface area (Å²) in [5, 5.41) is 13.4. The number of hydrogen-bond donors (Lipinski definition) is 1. The first-order chi connectivity index (χ1) is 9.52. The molecule has 0 aliphatic carbocycles. The monoisotopic (exact) mass is 279 g/mol. The number of nitrogens with zero attached hydrogens (tertiary/aromatic N) is 2. The van der Waals surface area contributed by atoms with Crippen molar-refractivity contribution >= 4 is 17.5 Å². The molecule has 1 saturated heterocycles. The molecule has 0 bridgehead atoms. The number of piperazine rings is 1. The van der Waals surface area contributed by atoms with Crippen LogP contribution < -0.4 is 10.1 Å². The van der Waals surface area contributed by atoms with E-state index in [1.54, 1.807) is 0 Å². The van der Waals surface area contributed by atoms with Crippen LogP contribution in [-0.4, -0.2) is 48.4 Å². The van der Waals surface area contributed by atoms with Gasteiger partial charge in [-0.05, 0) is 6.07 Å². The Balaban J connectivity index is 2.26. The lowest BCUT2D eigenvalue weighted by Crippen LogP contribution is -2.49. The fourth-order valence-corrected chi connectivity index (χ4v) is 1.96. The fourth-order valence-electron chi connectivity index (χ4n) is 1.96. The van der Waals surface area contributed by atoms with Crippen LogP contribution in [0.3, 0.4) is 0 Å². The van der Waals surface area contributed by atoms with Gasteiger partial charge in [0.1, 0.15) is 0 Å². The van der Waals surface area contributed by atoms with Gasteiger partial charge in [-0.25, -0.2) is 0 Å². The van der Waals surface area contributed by atoms with Gasteiger partial charge >= 0.3 is 5.69 Å². The molecular weight excluding hydrogens is 266 g/mol. The summed E-state index contributed by atoms with van der Waals surface area (Å²) in [7, 11) is 1.30. The topological polar surface area (TPSA) is 102 Å². The molecule has 0 atom stereocenters. The van der Waals surface area contributed by atoms with Crippen LogP contribution in [0.5, 0.6) is 5.75 Å². The van der Waals surface area contributed by atoms with E-state index in [1.165, 1.54) is 30.2 Å². The lowest BCUT2D eigenvalue weighted by molar-refractivity contribution is -0.385. The van der Waals surface area contributed by atoms with Gasteiger partial charge in [-0.2, -0.15) is 0 Å². The lowest BCUT2D eigenvalue weighted by Gasteiger charge is -2.26. The van der Waals surface area contributed by atoms with Crippen molar-refractivity contribution in [2.75, 3.05) is 26.7 Å². The molecule has 0 unspecified atom stereocenters. The van der Waals surface area contributed by atoms with E-state index in [-0.39, 0.29) is 35.4 Å². The smallest absolute Gasteiger partial charge is 0.310 e. The number of nitro benzene ring substituents is 1. The summed E-state index contributed by atoms with van der Waals surface area (Å²) in [4.78, 5) is 35.1. The molecule has 1 aromatic carbocycles. The molecule has 106 valence electrons. The van der Waals surface area contributed by atoms with Gasteiger partial charge < -0.3 is 15.0 Å². The highest BCUT2D eigenvalue weighted by molar-refractivity contribution is 5.97. The molecule has 1 aliphatic rings. The van der Waals surface area contributed by atoms with Crippen LogP contribution in [0, 0.1) is 10.1 Å². The minimum Gasteiger partial charge on any atom is -0.490 e. The Kier molecular flexibility index (Phi) is 3.83. The molecule has 0 radical (unpaired) electrons. The Morgan fingerprint density at radius 3 is 2.85 bits per heavy atom. The van der Waals surface area contributed by atoms with Crippen molar-refractivity contribution in [1.82, 2.24) is 10.2 Å². The normalized spacial score (nSPS) is 14.7. The summed E-state index contributed by atoms with van der Waals surface area (Å²) in [6.07, 6.45) is 0. The third-order valence-corrected chi connectivity index (χ3v) is 2.95. The van der Waals surface area contributed by atoms with Crippen LogP contribution in [-0.2, 0) is 4.79 Å². The van der Waals surface area contributed by atoms with Crippen LogP contribution in [0.1, 0.15) is 10.4 Å². The highest BCUT2D eigenvalue weighted by Crippen LogP contribution is 2.28. The highest BCUT2D eigenvalue weighted by Gasteiger charge is 2.24. The predicted molar refractivity (Wildman–Crippen MR) is 68.6 cm³/mol. The summed E-state index contributed by atoms with van der Waals surface area (Å²) in [6.45, 7) is 0.788. The first kappa shape index (κ1) is 13.8. The average molecular weight is 279 g/mol. The molecule has 2 amide bonds. The Labute approximate surface area is 114 Å². The van der Waals surface area contributed by atoms with Crippen molar-refractivity contribution in [2.45, 2.75) is 0 Å². The number of carbonyl (C=O) groups is 2. The van der Waals surface area contributed by atoms with Crippen molar-refractivity contribution in [3.05, 3.63) is 33.9 Å².